The number of halogens is 1. The molecule has 5 heteroatoms. The molecule has 1 saturated heterocycles. The normalized spacial score (nSPS) is 19.3. The number of ether oxygens (including phenoxy) is 1. The van der Waals surface area contributed by atoms with Gasteiger partial charge in [-0.25, -0.2) is 9.18 Å². The summed E-state index contributed by atoms with van der Waals surface area (Å²) in [4.78, 5) is 14.2. The summed E-state index contributed by atoms with van der Waals surface area (Å²) in [6.45, 7) is 5.98. The van der Waals surface area contributed by atoms with Crippen molar-refractivity contribution >= 4 is 6.09 Å². The van der Waals surface area contributed by atoms with Crippen LogP contribution >= 0.6 is 0 Å². The van der Waals surface area contributed by atoms with Gasteiger partial charge in [0, 0.05) is 12.5 Å². The van der Waals surface area contributed by atoms with Gasteiger partial charge in [-0.05, 0) is 50.8 Å². The first-order chi connectivity index (χ1) is 13.3. The molecule has 0 spiro atoms. The molecular formula is C23H28FNO3. The molecule has 1 heterocycles. The van der Waals surface area contributed by atoms with E-state index in [9.17, 15) is 14.3 Å². The highest BCUT2D eigenvalue weighted by Crippen LogP contribution is 2.36. The van der Waals surface area contributed by atoms with Gasteiger partial charge in [0.05, 0.1) is 12.1 Å². The number of nitrogens with zero attached hydrogens (tertiary/aromatic N) is 1. The summed E-state index contributed by atoms with van der Waals surface area (Å²) in [6, 6.07) is 15.5. The lowest BCUT2D eigenvalue weighted by atomic mass is 9.82. The van der Waals surface area contributed by atoms with E-state index in [2.05, 4.69) is 0 Å². The fraction of sp³-hybridized carbons (Fsp3) is 0.435. The SMILES string of the molecule is CC(C)(C)OC(=O)N1CCC[C@@H]1[C@@H](O)[C@H](c1ccccc1)c1ccccc1F. The predicted octanol–water partition coefficient (Wildman–Crippen LogP) is 4.72. The molecule has 3 atom stereocenters. The van der Waals surface area contributed by atoms with E-state index in [-0.39, 0.29) is 5.82 Å². The van der Waals surface area contributed by atoms with Crippen LogP contribution in [0.1, 0.15) is 50.7 Å². The second-order valence-corrected chi connectivity index (χ2v) is 8.28. The number of likely N-dealkylation sites (tertiary alicyclic amines) is 1. The van der Waals surface area contributed by atoms with Gasteiger partial charge in [-0.1, -0.05) is 48.5 Å². The number of aliphatic hydroxyl groups is 1. The van der Waals surface area contributed by atoms with Gasteiger partial charge in [0.25, 0.3) is 0 Å². The van der Waals surface area contributed by atoms with E-state index in [4.69, 9.17) is 4.74 Å². The minimum Gasteiger partial charge on any atom is -0.444 e. The number of benzene rings is 2. The molecule has 1 aliphatic heterocycles. The van der Waals surface area contributed by atoms with Crippen LogP contribution in [0.25, 0.3) is 0 Å². The second kappa shape index (κ2) is 8.31. The van der Waals surface area contributed by atoms with Crippen molar-refractivity contribution in [2.24, 2.45) is 0 Å². The van der Waals surface area contributed by atoms with Crippen LogP contribution in [0.4, 0.5) is 9.18 Å². The maximum Gasteiger partial charge on any atom is 0.410 e. The molecule has 2 aromatic rings. The molecule has 0 aliphatic carbocycles. The van der Waals surface area contributed by atoms with Gasteiger partial charge in [0.15, 0.2) is 0 Å². The Labute approximate surface area is 165 Å². The van der Waals surface area contributed by atoms with E-state index in [1.54, 1.807) is 23.1 Å². The molecular weight excluding hydrogens is 357 g/mol. The molecule has 1 amide bonds. The average Bonchev–Trinajstić information content (AvgIpc) is 3.13. The zero-order valence-corrected chi connectivity index (χ0v) is 16.6. The maximum absolute atomic E-state index is 14.6. The van der Waals surface area contributed by atoms with Crippen LogP contribution in [0.2, 0.25) is 0 Å². The smallest absolute Gasteiger partial charge is 0.410 e. The van der Waals surface area contributed by atoms with E-state index in [1.165, 1.54) is 6.07 Å². The van der Waals surface area contributed by atoms with Crippen molar-refractivity contribution < 1.29 is 19.0 Å². The number of hydrogen-bond acceptors (Lipinski definition) is 3. The molecule has 0 aromatic heterocycles. The molecule has 0 bridgehead atoms. The quantitative estimate of drug-likeness (QED) is 0.829. The summed E-state index contributed by atoms with van der Waals surface area (Å²) in [5.41, 5.74) is 0.632. The van der Waals surface area contributed by atoms with E-state index >= 15 is 0 Å². The van der Waals surface area contributed by atoms with Crippen LogP contribution in [-0.4, -0.2) is 40.4 Å². The highest BCUT2D eigenvalue weighted by Gasteiger charge is 2.41. The van der Waals surface area contributed by atoms with E-state index < -0.39 is 29.8 Å². The Morgan fingerprint density at radius 3 is 2.43 bits per heavy atom. The standard InChI is InChI=1S/C23H28FNO3/c1-23(2,3)28-22(27)25-15-9-14-19(25)21(26)20(16-10-5-4-6-11-16)17-12-7-8-13-18(17)24/h4-8,10-13,19-21,26H,9,14-15H2,1-3H3/t19-,20-,21-/m1/s1. The predicted molar refractivity (Wildman–Crippen MR) is 107 cm³/mol. The van der Waals surface area contributed by atoms with Crippen LogP contribution in [0.3, 0.4) is 0 Å². The number of rotatable bonds is 4. The van der Waals surface area contributed by atoms with Crippen molar-refractivity contribution in [2.45, 2.75) is 57.3 Å². The Morgan fingerprint density at radius 2 is 1.79 bits per heavy atom. The summed E-state index contributed by atoms with van der Waals surface area (Å²) in [5, 5.41) is 11.3. The number of carbonyl (C=O) groups is 1. The fourth-order valence-corrected chi connectivity index (χ4v) is 3.87. The lowest BCUT2D eigenvalue weighted by molar-refractivity contribution is 0.00241. The first kappa shape index (κ1) is 20.3. The lowest BCUT2D eigenvalue weighted by Crippen LogP contribution is -2.47. The Kier molecular flexibility index (Phi) is 6.04. The van der Waals surface area contributed by atoms with Crippen LogP contribution in [0.5, 0.6) is 0 Å². The van der Waals surface area contributed by atoms with Crippen molar-refractivity contribution in [1.29, 1.82) is 0 Å². The number of aliphatic hydroxyl groups excluding tert-OH is 1. The number of amides is 1. The summed E-state index contributed by atoms with van der Waals surface area (Å²) < 4.78 is 20.2. The number of carbonyl (C=O) groups excluding carboxylic acids is 1. The van der Waals surface area contributed by atoms with Gasteiger partial charge in [-0.3, -0.25) is 0 Å². The van der Waals surface area contributed by atoms with Gasteiger partial charge in [0.2, 0.25) is 0 Å². The molecule has 1 N–H and O–H groups in total. The minimum atomic E-state index is -0.950. The summed E-state index contributed by atoms with van der Waals surface area (Å²) in [5.74, 6) is -0.937. The van der Waals surface area contributed by atoms with Gasteiger partial charge in [-0.15, -0.1) is 0 Å². The summed E-state index contributed by atoms with van der Waals surface area (Å²) in [7, 11) is 0. The Bertz CT molecular complexity index is 803. The van der Waals surface area contributed by atoms with Crippen LogP contribution < -0.4 is 0 Å². The van der Waals surface area contributed by atoms with Gasteiger partial charge >= 0.3 is 6.09 Å². The number of hydrogen-bond donors (Lipinski definition) is 1. The van der Waals surface area contributed by atoms with Crippen LogP contribution in [0.15, 0.2) is 54.6 Å². The van der Waals surface area contributed by atoms with Crippen LogP contribution in [-0.2, 0) is 4.74 Å². The summed E-state index contributed by atoms with van der Waals surface area (Å²) >= 11 is 0. The molecule has 0 saturated carbocycles. The highest BCUT2D eigenvalue weighted by atomic mass is 19.1. The Balaban J connectivity index is 1.94. The molecule has 28 heavy (non-hydrogen) atoms. The van der Waals surface area contributed by atoms with Crippen molar-refractivity contribution in [1.82, 2.24) is 4.90 Å². The molecule has 0 radical (unpaired) electrons. The first-order valence-corrected chi connectivity index (χ1v) is 9.75. The third-order valence-electron chi connectivity index (χ3n) is 5.06. The third-order valence-corrected chi connectivity index (χ3v) is 5.06. The largest absolute Gasteiger partial charge is 0.444 e. The van der Waals surface area contributed by atoms with Crippen molar-refractivity contribution in [2.75, 3.05) is 6.54 Å². The molecule has 1 fully saturated rings. The van der Waals surface area contributed by atoms with Crippen molar-refractivity contribution in [3.63, 3.8) is 0 Å². The second-order valence-electron chi connectivity index (χ2n) is 8.28. The highest BCUT2D eigenvalue weighted by molar-refractivity contribution is 5.69. The topological polar surface area (TPSA) is 49.8 Å². The van der Waals surface area contributed by atoms with E-state index in [1.807, 2.05) is 51.1 Å². The first-order valence-electron chi connectivity index (χ1n) is 9.75. The van der Waals surface area contributed by atoms with Gasteiger partial charge in [0.1, 0.15) is 11.4 Å². The van der Waals surface area contributed by atoms with E-state index in [0.29, 0.717) is 18.5 Å². The Morgan fingerprint density at radius 1 is 1.14 bits per heavy atom. The lowest BCUT2D eigenvalue weighted by Gasteiger charge is -2.35. The van der Waals surface area contributed by atoms with Crippen molar-refractivity contribution in [3.05, 3.63) is 71.5 Å². The van der Waals surface area contributed by atoms with Gasteiger partial charge in [-0.2, -0.15) is 0 Å². The average molecular weight is 385 g/mol. The molecule has 1 aliphatic rings. The monoisotopic (exact) mass is 385 g/mol. The summed E-state index contributed by atoms with van der Waals surface area (Å²) in [6.07, 6.45) is 0.0431. The zero-order valence-electron chi connectivity index (χ0n) is 16.6. The fourth-order valence-electron chi connectivity index (χ4n) is 3.87. The Hall–Kier alpha value is -2.40. The molecule has 3 rings (SSSR count). The molecule has 2 aromatic carbocycles. The maximum atomic E-state index is 14.6. The molecule has 4 nitrogen and oxygen atoms in total. The van der Waals surface area contributed by atoms with Gasteiger partial charge < -0.3 is 14.7 Å². The molecule has 0 unspecified atom stereocenters. The van der Waals surface area contributed by atoms with Crippen LogP contribution in [0, 0.1) is 5.82 Å². The van der Waals surface area contributed by atoms with E-state index in [0.717, 1.165) is 12.0 Å². The third kappa shape index (κ3) is 4.53. The van der Waals surface area contributed by atoms with Crippen molar-refractivity contribution in [3.8, 4) is 0 Å². The minimum absolute atomic E-state index is 0.364. The zero-order chi connectivity index (χ0) is 20.3. The molecule has 150 valence electrons.